The minimum Gasteiger partial charge on any atom is -0.325 e. The molecule has 2 aromatic rings. The molecule has 0 saturated carbocycles. The van der Waals surface area contributed by atoms with Crippen LogP contribution in [0.5, 0.6) is 0 Å². The fourth-order valence-electron chi connectivity index (χ4n) is 1.87. The second-order valence-electron chi connectivity index (χ2n) is 4.63. The van der Waals surface area contributed by atoms with E-state index < -0.39 is 6.04 Å². The Morgan fingerprint density at radius 1 is 1.10 bits per heavy atom. The van der Waals surface area contributed by atoms with E-state index in [0.717, 1.165) is 15.7 Å². The third-order valence-electron chi connectivity index (χ3n) is 3.04. The predicted molar refractivity (Wildman–Crippen MR) is 90.5 cm³/mol. The average Bonchev–Trinajstić information content (AvgIpc) is 2.48. The number of nitrogens with two attached hydrogens (primary N) is 1. The Hall–Kier alpha value is -1.40. The highest BCUT2D eigenvalue weighted by atomic mass is 127. The molecule has 1 unspecified atom stereocenters. The number of halogens is 1. The summed E-state index contributed by atoms with van der Waals surface area (Å²) in [6.45, 7) is 0. The number of carbonyl (C=O) groups is 1. The molecule has 0 aliphatic carbocycles. The van der Waals surface area contributed by atoms with E-state index in [1.807, 2.05) is 54.6 Å². The summed E-state index contributed by atoms with van der Waals surface area (Å²) in [5.41, 5.74) is 7.91. The van der Waals surface area contributed by atoms with Gasteiger partial charge in [-0.2, -0.15) is 0 Å². The molecule has 104 valence electrons. The number of hydrogen-bond acceptors (Lipinski definition) is 2. The fraction of sp³-hybridized carbons (Fsp3) is 0.188. The summed E-state index contributed by atoms with van der Waals surface area (Å²) >= 11 is 2.23. The number of aryl methyl sites for hydroxylation is 1. The first-order chi connectivity index (χ1) is 9.65. The standard InChI is InChI=1S/C16H17IN2O/c17-13-7-9-14(10-8-13)19-16(20)15(18)11-6-12-4-2-1-3-5-12/h1-5,7-10,15H,6,11,18H2,(H,19,20). The Morgan fingerprint density at radius 3 is 2.40 bits per heavy atom. The van der Waals surface area contributed by atoms with Crippen LogP contribution in [0.1, 0.15) is 12.0 Å². The summed E-state index contributed by atoms with van der Waals surface area (Å²) in [4.78, 5) is 12.0. The lowest BCUT2D eigenvalue weighted by Gasteiger charge is -2.12. The van der Waals surface area contributed by atoms with Crippen molar-refractivity contribution in [2.24, 2.45) is 5.73 Å². The highest BCUT2D eigenvalue weighted by molar-refractivity contribution is 14.1. The molecular weight excluding hydrogens is 363 g/mol. The Balaban J connectivity index is 1.84. The number of anilines is 1. The maximum atomic E-state index is 12.0. The molecule has 2 rings (SSSR count). The summed E-state index contributed by atoms with van der Waals surface area (Å²) in [5, 5.41) is 2.84. The molecule has 0 saturated heterocycles. The lowest BCUT2D eigenvalue weighted by Crippen LogP contribution is -2.36. The van der Waals surface area contributed by atoms with Gasteiger partial charge in [0.15, 0.2) is 0 Å². The van der Waals surface area contributed by atoms with Crippen molar-refractivity contribution in [3.63, 3.8) is 0 Å². The van der Waals surface area contributed by atoms with Crippen molar-refractivity contribution in [2.45, 2.75) is 18.9 Å². The van der Waals surface area contributed by atoms with Crippen molar-refractivity contribution in [3.05, 3.63) is 63.7 Å². The summed E-state index contributed by atoms with van der Waals surface area (Å²) in [7, 11) is 0. The molecule has 0 bridgehead atoms. The van der Waals surface area contributed by atoms with Crippen LogP contribution in [-0.2, 0) is 11.2 Å². The molecule has 0 aromatic heterocycles. The highest BCUT2D eigenvalue weighted by Crippen LogP contribution is 2.12. The van der Waals surface area contributed by atoms with Crippen LogP contribution in [0.25, 0.3) is 0 Å². The highest BCUT2D eigenvalue weighted by Gasteiger charge is 2.13. The molecule has 0 aliphatic rings. The van der Waals surface area contributed by atoms with Gasteiger partial charge < -0.3 is 11.1 Å². The van der Waals surface area contributed by atoms with Gasteiger partial charge in [-0.05, 0) is 65.3 Å². The Bertz CT molecular complexity index is 554. The molecule has 0 spiro atoms. The number of carbonyl (C=O) groups excluding carboxylic acids is 1. The average molecular weight is 380 g/mol. The SMILES string of the molecule is NC(CCc1ccccc1)C(=O)Nc1ccc(I)cc1. The zero-order valence-electron chi connectivity index (χ0n) is 11.1. The Labute approximate surface area is 132 Å². The van der Waals surface area contributed by atoms with Crippen LogP contribution in [0, 0.1) is 3.57 Å². The Kier molecular flexibility index (Phi) is 5.55. The van der Waals surface area contributed by atoms with E-state index in [1.54, 1.807) is 0 Å². The zero-order valence-corrected chi connectivity index (χ0v) is 13.2. The van der Waals surface area contributed by atoms with E-state index in [-0.39, 0.29) is 5.91 Å². The van der Waals surface area contributed by atoms with Gasteiger partial charge in [-0.1, -0.05) is 30.3 Å². The second kappa shape index (κ2) is 7.40. The summed E-state index contributed by atoms with van der Waals surface area (Å²) in [6, 6.07) is 17.2. The molecule has 20 heavy (non-hydrogen) atoms. The molecule has 4 heteroatoms. The maximum absolute atomic E-state index is 12.0. The van der Waals surface area contributed by atoms with Gasteiger partial charge in [0.05, 0.1) is 6.04 Å². The van der Waals surface area contributed by atoms with E-state index in [9.17, 15) is 4.79 Å². The van der Waals surface area contributed by atoms with Crippen molar-refractivity contribution in [2.75, 3.05) is 5.32 Å². The molecule has 3 N–H and O–H groups in total. The van der Waals surface area contributed by atoms with E-state index in [0.29, 0.717) is 6.42 Å². The third-order valence-corrected chi connectivity index (χ3v) is 3.75. The van der Waals surface area contributed by atoms with Gasteiger partial charge in [-0.25, -0.2) is 0 Å². The molecular formula is C16H17IN2O. The van der Waals surface area contributed by atoms with Crippen molar-refractivity contribution in [1.29, 1.82) is 0 Å². The van der Waals surface area contributed by atoms with E-state index in [2.05, 4.69) is 27.9 Å². The summed E-state index contributed by atoms with van der Waals surface area (Å²) in [5.74, 6) is -0.137. The smallest absolute Gasteiger partial charge is 0.241 e. The molecule has 2 aromatic carbocycles. The monoisotopic (exact) mass is 380 g/mol. The van der Waals surface area contributed by atoms with Crippen LogP contribution >= 0.6 is 22.6 Å². The van der Waals surface area contributed by atoms with Gasteiger partial charge in [0.25, 0.3) is 0 Å². The van der Waals surface area contributed by atoms with E-state index >= 15 is 0 Å². The number of amides is 1. The van der Waals surface area contributed by atoms with E-state index in [1.165, 1.54) is 5.56 Å². The predicted octanol–water partition coefficient (Wildman–Crippen LogP) is 3.19. The van der Waals surface area contributed by atoms with Gasteiger partial charge in [0, 0.05) is 9.26 Å². The molecule has 0 aliphatic heterocycles. The van der Waals surface area contributed by atoms with E-state index in [4.69, 9.17) is 5.73 Å². The van der Waals surface area contributed by atoms with Gasteiger partial charge in [0.1, 0.15) is 0 Å². The fourth-order valence-corrected chi connectivity index (χ4v) is 2.23. The van der Waals surface area contributed by atoms with Crippen LogP contribution < -0.4 is 11.1 Å². The Morgan fingerprint density at radius 2 is 1.75 bits per heavy atom. The van der Waals surface area contributed by atoms with Crippen LogP contribution in [0.3, 0.4) is 0 Å². The van der Waals surface area contributed by atoms with Gasteiger partial charge >= 0.3 is 0 Å². The minimum atomic E-state index is -0.491. The van der Waals surface area contributed by atoms with Crippen LogP contribution in [0.4, 0.5) is 5.69 Å². The number of nitrogens with one attached hydrogen (secondary N) is 1. The molecule has 1 amide bonds. The van der Waals surface area contributed by atoms with Gasteiger partial charge in [-0.3, -0.25) is 4.79 Å². The summed E-state index contributed by atoms with van der Waals surface area (Å²) in [6.07, 6.45) is 1.45. The summed E-state index contributed by atoms with van der Waals surface area (Å²) < 4.78 is 1.13. The number of rotatable bonds is 5. The minimum absolute atomic E-state index is 0.137. The zero-order chi connectivity index (χ0) is 14.4. The largest absolute Gasteiger partial charge is 0.325 e. The quantitative estimate of drug-likeness (QED) is 0.783. The van der Waals surface area contributed by atoms with Crippen LogP contribution in [0.15, 0.2) is 54.6 Å². The number of benzene rings is 2. The van der Waals surface area contributed by atoms with Crippen LogP contribution in [0.2, 0.25) is 0 Å². The normalized spacial score (nSPS) is 11.9. The lowest BCUT2D eigenvalue weighted by atomic mass is 10.1. The second-order valence-corrected chi connectivity index (χ2v) is 5.87. The van der Waals surface area contributed by atoms with Crippen molar-refractivity contribution >= 4 is 34.2 Å². The first-order valence-corrected chi connectivity index (χ1v) is 7.59. The molecule has 3 nitrogen and oxygen atoms in total. The van der Waals surface area contributed by atoms with Gasteiger partial charge in [-0.15, -0.1) is 0 Å². The van der Waals surface area contributed by atoms with Crippen molar-refractivity contribution in [1.82, 2.24) is 0 Å². The molecule has 0 radical (unpaired) electrons. The third kappa shape index (κ3) is 4.61. The first-order valence-electron chi connectivity index (χ1n) is 6.51. The number of hydrogen-bond donors (Lipinski definition) is 2. The molecule has 1 atom stereocenters. The van der Waals surface area contributed by atoms with Crippen molar-refractivity contribution < 1.29 is 4.79 Å². The molecule has 0 fully saturated rings. The van der Waals surface area contributed by atoms with Gasteiger partial charge in [0.2, 0.25) is 5.91 Å². The topological polar surface area (TPSA) is 55.1 Å². The van der Waals surface area contributed by atoms with Crippen molar-refractivity contribution in [3.8, 4) is 0 Å². The lowest BCUT2D eigenvalue weighted by molar-refractivity contribution is -0.117. The first kappa shape index (κ1) is 15.0. The van der Waals surface area contributed by atoms with Crippen LogP contribution in [-0.4, -0.2) is 11.9 Å². The maximum Gasteiger partial charge on any atom is 0.241 e. The molecule has 0 heterocycles.